The van der Waals surface area contributed by atoms with Crippen LogP contribution in [0.1, 0.15) is 21.5 Å². The molecular formula is C16H16FNO3. The monoisotopic (exact) mass is 289 g/mol. The summed E-state index contributed by atoms with van der Waals surface area (Å²) in [6.45, 7) is 0.155. The van der Waals surface area contributed by atoms with Gasteiger partial charge < -0.3 is 15.6 Å². The van der Waals surface area contributed by atoms with E-state index in [1.165, 1.54) is 12.1 Å². The maximum absolute atomic E-state index is 13.8. The van der Waals surface area contributed by atoms with Crippen molar-refractivity contribution in [3.05, 3.63) is 65.0 Å². The highest BCUT2D eigenvalue weighted by Crippen LogP contribution is 2.16. The lowest BCUT2D eigenvalue weighted by atomic mass is 10.1. The maximum Gasteiger partial charge on any atom is 0.248 e. The number of aliphatic hydroxyl groups excluding tert-OH is 1. The van der Waals surface area contributed by atoms with E-state index in [4.69, 9.17) is 15.6 Å². The number of aliphatic hydroxyl groups is 1. The topological polar surface area (TPSA) is 72.6 Å². The Labute approximate surface area is 122 Å². The van der Waals surface area contributed by atoms with Gasteiger partial charge in [0.15, 0.2) is 0 Å². The summed E-state index contributed by atoms with van der Waals surface area (Å²) in [6.07, 6.45) is 0.587. The smallest absolute Gasteiger partial charge is 0.248 e. The fourth-order valence-electron chi connectivity index (χ4n) is 1.86. The molecule has 0 atom stereocenters. The molecule has 0 radical (unpaired) electrons. The predicted octanol–water partition coefficient (Wildman–Crippen LogP) is 2.04. The molecule has 21 heavy (non-hydrogen) atoms. The number of ether oxygens (including phenoxy) is 1. The lowest BCUT2D eigenvalue weighted by Crippen LogP contribution is -2.11. The Morgan fingerprint density at radius 3 is 2.48 bits per heavy atom. The van der Waals surface area contributed by atoms with Crippen molar-refractivity contribution in [3.63, 3.8) is 0 Å². The number of carbonyl (C=O) groups is 1. The summed E-state index contributed by atoms with van der Waals surface area (Å²) in [6, 6.07) is 11.3. The minimum absolute atomic E-state index is 0.0597. The molecule has 0 saturated heterocycles. The SMILES string of the molecule is NC(=O)c1ccc(COc2ccc(CCO)cc2)c(F)c1. The van der Waals surface area contributed by atoms with Crippen LogP contribution >= 0.6 is 0 Å². The molecule has 2 aromatic rings. The number of nitrogens with two attached hydrogens (primary N) is 1. The van der Waals surface area contributed by atoms with Crippen LogP contribution in [0.15, 0.2) is 42.5 Å². The van der Waals surface area contributed by atoms with Crippen LogP contribution in [-0.4, -0.2) is 17.6 Å². The molecule has 0 heterocycles. The van der Waals surface area contributed by atoms with Crippen molar-refractivity contribution in [3.8, 4) is 5.75 Å². The first kappa shape index (κ1) is 15.0. The second-order valence-electron chi connectivity index (χ2n) is 4.58. The van der Waals surface area contributed by atoms with Gasteiger partial charge in [0.05, 0.1) is 0 Å². The molecule has 1 amide bonds. The van der Waals surface area contributed by atoms with E-state index in [0.29, 0.717) is 17.7 Å². The summed E-state index contributed by atoms with van der Waals surface area (Å²) in [7, 11) is 0. The molecule has 110 valence electrons. The molecule has 0 aromatic heterocycles. The van der Waals surface area contributed by atoms with Crippen molar-refractivity contribution >= 4 is 5.91 Å². The van der Waals surface area contributed by atoms with Crippen molar-refractivity contribution in [1.82, 2.24) is 0 Å². The molecule has 0 fully saturated rings. The molecule has 2 rings (SSSR count). The molecule has 5 heteroatoms. The minimum atomic E-state index is -0.666. The highest BCUT2D eigenvalue weighted by Gasteiger charge is 2.07. The van der Waals surface area contributed by atoms with Gasteiger partial charge in [-0.1, -0.05) is 18.2 Å². The number of hydrogen-bond acceptors (Lipinski definition) is 3. The predicted molar refractivity (Wildman–Crippen MR) is 76.5 cm³/mol. The van der Waals surface area contributed by atoms with Gasteiger partial charge in [0, 0.05) is 17.7 Å². The van der Waals surface area contributed by atoms with Gasteiger partial charge in [0.25, 0.3) is 0 Å². The van der Waals surface area contributed by atoms with Gasteiger partial charge >= 0.3 is 0 Å². The molecule has 2 aromatic carbocycles. The zero-order chi connectivity index (χ0) is 15.2. The standard InChI is InChI=1S/C16H16FNO3/c17-15-9-12(16(18)20)3-4-13(15)10-21-14-5-1-11(2-6-14)7-8-19/h1-6,9,19H,7-8,10H2,(H2,18,20). The van der Waals surface area contributed by atoms with Gasteiger partial charge in [-0.15, -0.1) is 0 Å². The highest BCUT2D eigenvalue weighted by molar-refractivity contribution is 5.92. The van der Waals surface area contributed by atoms with Crippen molar-refractivity contribution in [2.24, 2.45) is 5.73 Å². The van der Waals surface area contributed by atoms with E-state index < -0.39 is 11.7 Å². The van der Waals surface area contributed by atoms with E-state index in [9.17, 15) is 9.18 Å². The van der Waals surface area contributed by atoms with Crippen LogP contribution in [0.3, 0.4) is 0 Å². The number of hydrogen-bond donors (Lipinski definition) is 2. The van der Waals surface area contributed by atoms with Crippen molar-refractivity contribution in [2.75, 3.05) is 6.61 Å². The van der Waals surface area contributed by atoms with Crippen molar-refractivity contribution in [2.45, 2.75) is 13.0 Å². The van der Waals surface area contributed by atoms with E-state index in [2.05, 4.69) is 0 Å². The van der Waals surface area contributed by atoms with Gasteiger partial charge in [-0.2, -0.15) is 0 Å². The summed E-state index contributed by atoms with van der Waals surface area (Å²) in [5.41, 5.74) is 6.56. The third kappa shape index (κ3) is 4.03. The van der Waals surface area contributed by atoms with Crippen LogP contribution in [0.2, 0.25) is 0 Å². The molecule has 4 nitrogen and oxygen atoms in total. The third-order valence-electron chi connectivity index (χ3n) is 3.06. The summed E-state index contributed by atoms with van der Waals surface area (Å²) in [5, 5.41) is 8.83. The Bertz CT molecular complexity index is 626. The number of primary amides is 1. The zero-order valence-electron chi connectivity index (χ0n) is 11.4. The number of benzene rings is 2. The number of rotatable bonds is 6. The van der Waals surface area contributed by atoms with Crippen molar-refractivity contribution < 1.29 is 19.0 Å². The van der Waals surface area contributed by atoms with Crippen LogP contribution in [0.5, 0.6) is 5.75 Å². The average molecular weight is 289 g/mol. The summed E-state index contributed by atoms with van der Waals surface area (Å²) < 4.78 is 19.2. The molecule has 0 saturated carbocycles. The molecule has 0 bridgehead atoms. The molecule has 0 aliphatic heterocycles. The van der Waals surface area contributed by atoms with Crippen LogP contribution in [-0.2, 0) is 13.0 Å². The zero-order valence-corrected chi connectivity index (χ0v) is 11.4. The Balaban J connectivity index is 2.01. The Kier molecular flexibility index (Phi) is 4.90. The molecule has 0 aliphatic rings. The number of carbonyl (C=O) groups excluding carboxylic acids is 1. The molecule has 0 aliphatic carbocycles. The Morgan fingerprint density at radius 1 is 1.19 bits per heavy atom. The van der Waals surface area contributed by atoms with E-state index in [1.807, 2.05) is 12.1 Å². The molecule has 0 spiro atoms. The summed E-state index contributed by atoms with van der Waals surface area (Å²) in [5.74, 6) is -0.584. The van der Waals surface area contributed by atoms with E-state index in [0.717, 1.165) is 11.6 Å². The normalized spacial score (nSPS) is 10.4. The highest BCUT2D eigenvalue weighted by atomic mass is 19.1. The van der Waals surface area contributed by atoms with E-state index in [1.54, 1.807) is 12.1 Å². The van der Waals surface area contributed by atoms with Crippen LogP contribution in [0.25, 0.3) is 0 Å². The fraction of sp³-hybridized carbons (Fsp3) is 0.188. The fourth-order valence-corrected chi connectivity index (χ4v) is 1.86. The maximum atomic E-state index is 13.8. The quantitative estimate of drug-likeness (QED) is 0.854. The second kappa shape index (κ2) is 6.85. The van der Waals surface area contributed by atoms with Gasteiger partial charge in [0.2, 0.25) is 5.91 Å². The van der Waals surface area contributed by atoms with Gasteiger partial charge in [-0.25, -0.2) is 4.39 Å². The Hall–Kier alpha value is -2.40. The third-order valence-corrected chi connectivity index (χ3v) is 3.06. The molecular weight excluding hydrogens is 273 g/mol. The van der Waals surface area contributed by atoms with Gasteiger partial charge in [-0.3, -0.25) is 4.79 Å². The molecule has 0 unspecified atom stereocenters. The van der Waals surface area contributed by atoms with E-state index >= 15 is 0 Å². The molecule has 3 N–H and O–H groups in total. The minimum Gasteiger partial charge on any atom is -0.489 e. The Morgan fingerprint density at radius 2 is 1.90 bits per heavy atom. The largest absolute Gasteiger partial charge is 0.489 e. The first-order valence-corrected chi connectivity index (χ1v) is 6.51. The van der Waals surface area contributed by atoms with Crippen LogP contribution < -0.4 is 10.5 Å². The van der Waals surface area contributed by atoms with Crippen molar-refractivity contribution in [1.29, 1.82) is 0 Å². The average Bonchev–Trinajstić information content (AvgIpc) is 2.47. The first-order chi connectivity index (χ1) is 10.1. The summed E-state index contributed by atoms with van der Waals surface area (Å²) in [4.78, 5) is 10.9. The van der Waals surface area contributed by atoms with Gasteiger partial charge in [0.1, 0.15) is 18.2 Å². The lowest BCUT2D eigenvalue weighted by molar-refractivity contribution is 0.0999. The van der Waals surface area contributed by atoms with Gasteiger partial charge in [-0.05, 0) is 36.2 Å². The number of amides is 1. The van der Waals surface area contributed by atoms with E-state index in [-0.39, 0.29) is 18.8 Å². The lowest BCUT2D eigenvalue weighted by Gasteiger charge is -2.08. The second-order valence-corrected chi connectivity index (χ2v) is 4.58. The number of halogens is 1. The summed E-state index contributed by atoms with van der Waals surface area (Å²) >= 11 is 0. The van der Waals surface area contributed by atoms with Crippen LogP contribution in [0, 0.1) is 5.82 Å². The first-order valence-electron chi connectivity index (χ1n) is 6.51. The van der Waals surface area contributed by atoms with Crippen LogP contribution in [0.4, 0.5) is 4.39 Å².